The van der Waals surface area contributed by atoms with Crippen LogP contribution in [0.2, 0.25) is 5.02 Å². The number of hydrogen-bond acceptors (Lipinski definition) is 7. The van der Waals surface area contributed by atoms with Crippen molar-refractivity contribution in [3.63, 3.8) is 0 Å². The number of methoxy groups -OCH3 is 1. The van der Waals surface area contributed by atoms with Crippen molar-refractivity contribution in [2.45, 2.75) is 13.8 Å². The smallest absolute Gasteiger partial charge is 0.329 e. The predicted molar refractivity (Wildman–Crippen MR) is 158 cm³/mol. The highest BCUT2D eigenvalue weighted by Crippen LogP contribution is 2.34. The third-order valence-electron chi connectivity index (χ3n) is 5.09. The zero-order valence-electron chi connectivity index (χ0n) is 21.3. The molecule has 10 nitrogen and oxygen atoms in total. The number of anilines is 2. The molecule has 0 saturated heterocycles. The molecule has 0 aliphatic carbocycles. The molecule has 3 N–H and O–H groups in total. The van der Waals surface area contributed by atoms with Gasteiger partial charge in [0.25, 0.3) is 5.91 Å². The van der Waals surface area contributed by atoms with Gasteiger partial charge in [-0.2, -0.15) is 5.10 Å². The van der Waals surface area contributed by atoms with Gasteiger partial charge in [-0.25, -0.2) is 5.43 Å². The molecule has 0 bridgehead atoms. The highest BCUT2D eigenvalue weighted by molar-refractivity contribution is 14.1. The van der Waals surface area contributed by atoms with Crippen molar-refractivity contribution in [1.29, 1.82) is 0 Å². The monoisotopic (exact) mass is 664 g/mol. The van der Waals surface area contributed by atoms with Crippen molar-refractivity contribution < 1.29 is 28.6 Å². The molecule has 0 aliphatic heterocycles. The van der Waals surface area contributed by atoms with Crippen molar-refractivity contribution >= 4 is 69.5 Å². The summed E-state index contributed by atoms with van der Waals surface area (Å²) in [7, 11) is 1.53. The fraction of sp³-hybridized carbons (Fsp3) is 0.185. The van der Waals surface area contributed by atoms with Gasteiger partial charge < -0.3 is 24.8 Å². The number of rotatable bonds is 10. The second-order valence-electron chi connectivity index (χ2n) is 7.94. The summed E-state index contributed by atoms with van der Waals surface area (Å²) in [6.45, 7) is 3.77. The number of benzene rings is 3. The van der Waals surface area contributed by atoms with E-state index in [2.05, 4.69) is 21.2 Å². The highest BCUT2D eigenvalue weighted by Gasteiger charge is 2.16. The summed E-state index contributed by atoms with van der Waals surface area (Å²) in [5.74, 6) is -0.786. The summed E-state index contributed by atoms with van der Waals surface area (Å²) in [6.07, 6.45) is 1.36. The molecule has 3 amide bonds. The molecule has 0 aromatic heterocycles. The minimum Gasteiger partial charge on any atom is -0.497 e. The third-order valence-corrected chi connectivity index (χ3v) is 6.12. The van der Waals surface area contributed by atoms with Gasteiger partial charge in [0.05, 0.1) is 23.5 Å². The quantitative estimate of drug-likeness (QED) is 0.124. The summed E-state index contributed by atoms with van der Waals surface area (Å²) in [4.78, 5) is 36.7. The summed E-state index contributed by atoms with van der Waals surface area (Å²) in [5.41, 5.74) is 4.66. The van der Waals surface area contributed by atoms with Crippen LogP contribution in [0.25, 0.3) is 0 Å². The molecule has 3 rings (SSSR count). The normalized spacial score (nSPS) is 10.6. The van der Waals surface area contributed by atoms with Crippen LogP contribution in [0.5, 0.6) is 17.2 Å². The number of ether oxygens (including phenoxy) is 3. The largest absolute Gasteiger partial charge is 0.497 e. The maximum Gasteiger partial charge on any atom is 0.329 e. The molecule has 0 atom stereocenters. The first kappa shape index (κ1) is 29.7. The van der Waals surface area contributed by atoms with Crippen LogP contribution in [0, 0.1) is 10.5 Å². The molecule has 0 heterocycles. The Kier molecular flexibility index (Phi) is 10.9. The third kappa shape index (κ3) is 8.86. The number of hydrazone groups is 1. The maximum atomic E-state index is 12.5. The van der Waals surface area contributed by atoms with Gasteiger partial charge in [0.15, 0.2) is 18.1 Å². The van der Waals surface area contributed by atoms with Crippen LogP contribution >= 0.6 is 34.2 Å². The van der Waals surface area contributed by atoms with E-state index in [0.29, 0.717) is 49.4 Å². The van der Waals surface area contributed by atoms with Gasteiger partial charge in [-0.1, -0.05) is 17.7 Å². The van der Waals surface area contributed by atoms with Crippen molar-refractivity contribution in [1.82, 2.24) is 5.43 Å². The van der Waals surface area contributed by atoms with E-state index in [1.807, 2.05) is 42.5 Å². The van der Waals surface area contributed by atoms with E-state index in [0.717, 1.165) is 5.56 Å². The Balaban J connectivity index is 1.61. The summed E-state index contributed by atoms with van der Waals surface area (Å²) in [6, 6.07) is 15.1. The van der Waals surface area contributed by atoms with Crippen LogP contribution in [0.4, 0.5) is 11.4 Å². The van der Waals surface area contributed by atoms with E-state index < -0.39 is 11.8 Å². The Bertz CT molecular complexity index is 1380. The SMILES string of the molecule is CCOc1cc(/C=N\NC(=O)C(=O)Nc2ccc(OC)cc2)cc(I)c1OCC(=O)Nc1cc(Cl)ccc1C. The van der Waals surface area contributed by atoms with Crippen molar-refractivity contribution in [2.24, 2.45) is 5.10 Å². The Morgan fingerprint density at radius 2 is 1.74 bits per heavy atom. The van der Waals surface area contributed by atoms with Gasteiger partial charge in [0.2, 0.25) is 0 Å². The van der Waals surface area contributed by atoms with E-state index in [1.54, 1.807) is 48.5 Å². The van der Waals surface area contributed by atoms with Crippen LogP contribution in [-0.4, -0.2) is 44.3 Å². The van der Waals surface area contributed by atoms with Gasteiger partial charge in [-0.05, 0) is 96.1 Å². The summed E-state index contributed by atoms with van der Waals surface area (Å²) in [5, 5.41) is 9.62. The molecule has 0 aliphatic rings. The van der Waals surface area contributed by atoms with E-state index in [-0.39, 0.29) is 12.5 Å². The summed E-state index contributed by atoms with van der Waals surface area (Å²) >= 11 is 8.07. The first-order valence-corrected chi connectivity index (χ1v) is 13.1. The number of carbonyl (C=O) groups is 3. The van der Waals surface area contributed by atoms with Gasteiger partial charge in [-0.15, -0.1) is 0 Å². The molecule has 204 valence electrons. The Hall–Kier alpha value is -3.84. The molecular weight excluding hydrogens is 639 g/mol. The zero-order valence-corrected chi connectivity index (χ0v) is 24.3. The average Bonchev–Trinajstić information content (AvgIpc) is 2.90. The minimum absolute atomic E-state index is 0.255. The maximum absolute atomic E-state index is 12.5. The second kappa shape index (κ2) is 14.4. The van der Waals surface area contributed by atoms with Crippen molar-refractivity contribution in [3.05, 3.63) is 74.3 Å². The lowest BCUT2D eigenvalue weighted by Gasteiger charge is -2.15. The number of hydrogen-bond donors (Lipinski definition) is 3. The number of amides is 3. The standard InChI is InChI=1S/C27H26ClIN4O6/c1-4-38-23-12-17(14-30-33-27(36)26(35)31-19-7-9-20(37-3)10-8-19)11-21(29)25(23)39-15-24(34)32-22-13-18(28)6-5-16(22)2/h5-14H,4,15H2,1-3H3,(H,31,35)(H,32,34)(H,33,36)/b30-14-. The molecule has 3 aromatic carbocycles. The van der Waals surface area contributed by atoms with Crippen LogP contribution in [-0.2, 0) is 14.4 Å². The van der Waals surface area contributed by atoms with Gasteiger partial charge >= 0.3 is 11.8 Å². The van der Waals surface area contributed by atoms with Crippen LogP contribution in [0.1, 0.15) is 18.1 Å². The number of nitrogens with zero attached hydrogens (tertiary/aromatic N) is 1. The molecule has 39 heavy (non-hydrogen) atoms. The van der Waals surface area contributed by atoms with Crippen LogP contribution in [0.15, 0.2) is 59.7 Å². The fourth-order valence-electron chi connectivity index (χ4n) is 3.20. The molecule has 0 spiro atoms. The van der Waals surface area contributed by atoms with Gasteiger partial charge in [0, 0.05) is 16.4 Å². The fourth-order valence-corrected chi connectivity index (χ4v) is 4.15. The van der Waals surface area contributed by atoms with E-state index in [1.165, 1.54) is 13.3 Å². The van der Waals surface area contributed by atoms with Crippen LogP contribution < -0.4 is 30.3 Å². The zero-order chi connectivity index (χ0) is 28.4. The molecule has 12 heteroatoms. The molecule has 3 aromatic rings. The lowest BCUT2D eigenvalue weighted by molar-refractivity contribution is -0.136. The number of carbonyl (C=O) groups excluding carboxylic acids is 3. The molecular formula is C27H26ClIN4O6. The van der Waals surface area contributed by atoms with E-state index >= 15 is 0 Å². The Morgan fingerprint density at radius 3 is 2.44 bits per heavy atom. The Labute approximate surface area is 244 Å². The average molecular weight is 665 g/mol. The number of aryl methyl sites for hydroxylation is 1. The molecule has 0 radical (unpaired) electrons. The second-order valence-corrected chi connectivity index (χ2v) is 9.54. The lowest BCUT2D eigenvalue weighted by Crippen LogP contribution is -2.32. The lowest BCUT2D eigenvalue weighted by atomic mass is 10.2. The van der Waals surface area contributed by atoms with Crippen molar-refractivity contribution in [3.8, 4) is 17.2 Å². The van der Waals surface area contributed by atoms with E-state index in [4.69, 9.17) is 25.8 Å². The highest BCUT2D eigenvalue weighted by atomic mass is 127. The summed E-state index contributed by atoms with van der Waals surface area (Å²) < 4.78 is 17.2. The Morgan fingerprint density at radius 1 is 1.00 bits per heavy atom. The predicted octanol–water partition coefficient (Wildman–Crippen LogP) is 4.77. The van der Waals surface area contributed by atoms with Gasteiger partial charge in [-0.3, -0.25) is 14.4 Å². The number of nitrogens with one attached hydrogen (secondary N) is 3. The van der Waals surface area contributed by atoms with E-state index in [9.17, 15) is 14.4 Å². The first-order valence-electron chi connectivity index (χ1n) is 11.6. The molecule has 0 saturated carbocycles. The minimum atomic E-state index is -0.942. The first-order chi connectivity index (χ1) is 18.7. The van der Waals surface area contributed by atoms with Crippen LogP contribution in [0.3, 0.4) is 0 Å². The van der Waals surface area contributed by atoms with Gasteiger partial charge in [0.1, 0.15) is 5.75 Å². The number of halogens is 2. The topological polar surface area (TPSA) is 127 Å². The van der Waals surface area contributed by atoms with Crippen molar-refractivity contribution in [2.75, 3.05) is 31.0 Å². The molecule has 0 unspecified atom stereocenters. The molecule has 0 fully saturated rings.